The zero-order valence-electron chi connectivity index (χ0n) is 12.4. The minimum atomic E-state index is -5.01. The van der Waals surface area contributed by atoms with Gasteiger partial charge in [-0.25, -0.2) is 4.18 Å². The van der Waals surface area contributed by atoms with E-state index in [4.69, 9.17) is 18.8 Å². The summed E-state index contributed by atoms with van der Waals surface area (Å²) in [6.07, 6.45) is -14.1. The van der Waals surface area contributed by atoms with Crippen molar-refractivity contribution in [3.63, 3.8) is 0 Å². The number of hydrogen-bond donors (Lipinski definition) is 6. The van der Waals surface area contributed by atoms with Gasteiger partial charge in [0.05, 0.1) is 12.7 Å². The number of aliphatic hydroxyl groups is 5. The first-order valence-electron chi connectivity index (χ1n) is 7.00. The molecule has 2 aliphatic rings. The van der Waals surface area contributed by atoms with Gasteiger partial charge in [-0.05, 0) is 6.92 Å². The standard InChI is InChI=1S/C11H20O12S/c1-3-8(22-11-6(14)5(13)4(12)2-20-11)9(23-24(17,18)19)7(15)10(16)21-3/h3-16H,2H2,1H3,(H,17,18,19)/t3-,4+,5-,6+,7+,8-,9-,10?,11-/m0/s1. The predicted octanol–water partition coefficient (Wildman–Crippen LogP) is -3.90. The van der Waals surface area contributed by atoms with Crippen LogP contribution in [0.1, 0.15) is 6.92 Å². The van der Waals surface area contributed by atoms with Crippen molar-refractivity contribution in [2.24, 2.45) is 0 Å². The zero-order chi connectivity index (χ0) is 18.2. The van der Waals surface area contributed by atoms with Gasteiger partial charge in [-0.3, -0.25) is 4.55 Å². The van der Waals surface area contributed by atoms with Crippen LogP contribution in [0.15, 0.2) is 0 Å². The highest BCUT2D eigenvalue weighted by molar-refractivity contribution is 7.80. The highest BCUT2D eigenvalue weighted by atomic mass is 32.3. The molecule has 0 aromatic rings. The van der Waals surface area contributed by atoms with Gasteiger partial charge >= 0.3 is 10.4 Å². The molecule has 2 rings (SSSR count). The Morgan fingerprint density at radius 2 is 1.62 bits per heavy atom. The molecule has 24 heavy (non-hydrogen) atoms. The Morgan fingerprint density at radius 1 is 1.00 bits per heavy atom. The van der Waals surface area contributed by atoms with E-state index in [1.54, 1.807) is 0 Å². The minimum absolute atomic E-state index is 0.375. The molecule has 2 saturated heterocycles. The summed E-state index contributed by atoms with van der Waals surface area (Å²) in [6.45, 7) is 0.973. The molecular weight excluding hydrogens is 356 g/mol. The molecule has 0 spiro atoms. The van der Waals surface area contributed by atoms with E-state index in [1.807, 2.05) is 0 Å². The lowest BCUT2D eigenvalue weighted by Crippen LogP contribution is -2.62. The van der Waals surface area contributed by atoms with E-state index in [0.717, 1.165) is 0 Å². The summed E-state index contributed by atoms with van der Waals surface area (Å²) in [5.74, 6) is 0. The van der Waals surface area contributed by atoms with E-state index < -0.39 is 65.7 Å². The molecule has 13 heteroatoms. The molecule has 0 saturated carbocycles. The normalized spacial score (nSPS) is 47.5. The number of hydrogen-bond acceptors (Lipinski definition) is 11. The molecule has 12 nitrogen and oxygen atoms in total. The highest BCUT2D eigenvalue weighted by Crippen LogP contribution is 2.29. The maximum atomic E-state index is 10.9. The van der Waals surface area contributed by atoms with Gasteiger partial charge in [0.15, 0.2) is 12.6 Å². The molecule has 6 N–H and O–H groups in total. The molecule has 0 aromatic heterocycles. The molecule has 142 valence electrons. The average Bonchev–Trinajstić information content (AvgIpc) is 2.47. The molecule has 2 fully saturated rings. The third-order valence-electron chi connectivity index (χ3n) is 3.75. The third kappa shape index (κ3) is 4.39. The summed E-state index contributed by atoms with van der Waals surface area (Å²) in [6, 6.07) is 0. The fourth-order valence-corrected chi connectivity index (χ4v) is 3.00. The van der Waals surface area contributed by atoms with Crippen molar-refractivity contribution in [3.05, 3.63) is 0 Å². The fraction of sp³-hybridized carbons (Fsp3) is 1.00. The smallest absolute Gasteiger partial charge is 0.388 e. The van der Waals surface area contributed by atoms with Crippen LogP contribution in [0.5, 0.6) is 0 Å². The molecule has 0 aromatic carbocycles. The molecule has 2 aliphatic heterocycles. The molecule has 0 amide bonds. The summed E-state index contributed by atoms with van der Waals surface area (Å²) < 4.78 is 50.3. The van der Waals surface area contributed by atoms with Crippen LogP contribution in [0.2, 0.25) is 0 Å². The summed E-state index contributed by atoms with van der Waals surface area (Å²) >= 11 is 0. The highest BCUT2D eigenvalue weighted by Gasteiger charge is 2.49. The largest absolute Gasteiger partial charge is 0.397 e. The van der Waals surface area contributed by atoms with Gasteiger partial charge in [0.2, 0.25) is 0 Å². The fourth-order valence-electron chi connectivity index (χ4n) is 2.50. The van der Waals surface area contributed by atoms with E-state index in [-0.39, 0.29) is 6.61 Å². The van der Waals surface area contributed by atoms with Crippen molar-refractivity contribution in [3.8, 4) is 0 Å². The molecule has 2 heterocycles. The maximum Gasteiger partial charge on any atom is 0.397 e. The van der Waals surface area contributed by atoms with Gasteiger partial charge in [0.1, 0.15) is 36.6 Å². The van der Waals surface area contributed by atoms with Crippen molar-refractivity contribution >= 4 is 10.4 Å². The van der Waals surface area contributed by atoms with Crippen molar-refractivity contribution in [1.29, 1.82) is 0 Å². The van der Waals surface area contributed by atoms with Crippen molar-refractivity contribution in [2.45, 2.75) is 62.2 Å². The van der Waals surface area contributed by atoms with Gasteiger partial charge in [-0.1, -0.05) is 0 Å². The summed E-state index contributed by atoms with van der Waals surface area (Å²) in [5.41, 5.74) is 0. The van der Waals surface area contributed by atoms with Gasteiger partial charge in [0.25, 0.3) is 0 Å². The first-order chi connectivity index (χ1) is 11.0. The lowest BCUT2D eigenvalue weighted by Gasteiger charge is -2.43. The molecule has 0 aliphatic carbocycles. The Kier molecular flexibility index (Phi) is 6.15. The van der Waals surface area contributed by atoms with E-state index in [2.05, 4.69) is 4.18 Å². The van der Waals surface area contributed by atoms with Gasteiger partial charge < -0.3 is 39.7 Å². The minimum Gasteiger partial charge on any atom is -0.388 e. The van der Waals surface area contributed by atoms with E-state index in [0.29, 0.717) is 0 Å². The topological polar surface area (TPSA) is 192 Å². The Balaban J connectivity index is 2.17. The number of aliphatic hydroxyl groups excluding tert-OH is 5. The van der Waals surface area contributed by atoms with Crippen LogP contribution >= 0.6 is 0 Å². The van der Waals surface area contributed by atoms with E-state index in [1.165, 1.54) is 6.92 Å². The molecule has 9 atom stereocenters. The first-order valence-corrected chi connectivity index (χ1v) is 8.36. The maximum absolute atomic E-state index is 10.9. The monoisotopic (exact) mass is 376 g/mol. The van der Waals surface area contributed by atoms with Gasteiger partial charge in [0, 0.05) is 0 Å². The van der Waals surface area contributed by atoms with Crippen LogP contribution in [0.25, 0.3) is 0 Å². The molecular formula is C11H20O12S. The SMILES string of the molecule is C[C@@H]1OC(O)[C@H](O)[C@H](OS(=O)(=O)O)[C@H]1O[C@@H]1OC[C@@H](O)[C@H](O)[C@H]1O. The van der Waals surface area contributed by atoms with Gasteiger partial charge in [-0.15, -0.1) is 0 Å². The number of ether oxygens (including phenoxy) is 3. The summed E-state index contributed by atoms with van der Waals surface area (Å²) in [5, 5.41) is 48.2. The van der Waals surface area contributed by atoms with Crippen LogP contribution in [0.4, 0.5) is 0 Å². The second-order valence-electron chi connectivity index (χ2n) is 5.56. The zero-order valence-corrected chi connectivity index (χ0v) is 13.3. The predicted molar refractivity (Wildman–Crippen MR) is 71.6 cm³/mol. The second-order valence-corrected chi connectivity index (χ2v) is 6.61. The van der Waals surface area contributed by atoms with E-state index >= 15 is 0 Å². The molecule has 0 radical (unpaired) electrons. The quantitative estimate of drug-likeness (QED) is 0.262. The number of rotatable bonds is 4. The molecule has 1 unspecified atom stereocenters. The van der Waals surface area contributed by atoms with Crippen LogP contribution in [-0.2, 0) is 28.8 Å². The first kappa shape index (κ1) is 19.9. The molecule has 0 bridgehead atoms. The van der Waals surface area contributed by atoms with Crippen LogP contribution in [-0.4, -0.2) is 100 Å². The second kappa shape index (κ2) is 7.43. The lowest BCUT2D eigenvalue weighted by atomic mass is 9.99. The lowest BCUT2D eigenvalue weighted by molar-refractivity contribution is -0.335. The van der Waals surface area contributed by atoms with E-state index in [9.17, 15) is 34.0 Å². The average molecular weight is 376 g/mol. The van der Waals surface area contributed by atoms with Crippen molar-refractivity contribution < 1.29 is 56.9 Å². The van der Waals surface area contributed by atoms with Crippen LogP contribution < -0.4 is 0 Å². The van der Waals surface area contributed by atoms with Gasteiger partial charge in [-0.2, -0.15) is 8.42 Å². The Morgan fingerprint density at radius 3 is 2.21 bits per heavy atom. The third-order valence-corrected chi connectivity index (χ3v) is 4.21. The van der Waals surface area contributed by atoms with Crippen molar-refractivity contribution in [2.75, 3.05) is 6.61 Å². The summed E-state index contributed by atoms with van der Waals surface area (Å²) in [4.78, 5) is 0. The summed E-state index contributed by atoms with van der Waals surface area (Å²) in [7, 11) is -5.01. The van der Waals surface area contributed by atoms with Crippen LogP contribution in [0.3, 0.4) is 0 Å². The Labute approximate surface area is 137 Å². The Hall–Kier alpha value is -0.450. The van der Waals surface area contributed by atoms with Crippen molar-refractivity contribution in [1.82, 2.24) is 0 Å². The van der Waals surface area contributed by atoms with Crippen LogP contribution in [0, 0.1) is 0 Å². The Bertz CT molecular complexity index is 525.